The molecule has 1 N–H and O–H groups in total. The maximum Gasteiger partial charge on any atom is 0.264 e. The molecule has 1 fully saturated rings. The van der Waals surface area contributed by atoms with Gasteiger partial charge in [0, 0.05) is 24.5 Å². The topological polar surface area (TPSA) is 79.0 Å². The van der Waals surface area contributed by atoms with Gasteiger partial charge in [-0.1, -0.05) is 35.9 Å². The molecule has 3 aromatic carbocycles. The van der Waals surface area contributed by atoms with Crippen molar-refractivity contribution >= 4 is 33.0 Å². The van der Waals surface area contributed by atoms with Crippen molar-refractivity contribution in [3.8, 4) is 0 Å². The summed E-state index contributed by atoms with van der Waals surface area (Å²) in [5.41, 5.74) is 3.95. The number of benzene rings is 3. The van der Waals surface area contributed by atoms with Crippen LogP contribution in [-0.4, -0.2) is 47.2 Å². The van der Waals surface area contributed by atoms with E-state index in [-0.39, 0.29) is 11.4 Å². The van der Waals surface area contributed by atoms with Gasteiger partial charge < -0.3 is 15.0 Å². The van der Waals surface area contributed by atoms with Crippen LogP contribution in [0.5, 0.6) is 0 Å². The molecule has 1 heterocycles. The minimum atomic E-state index is -3.94. The molecule has 0 aliphatic carbocycles. The largest absolute Gasteiger partial charge is 0.378 e. The molecule has 1 saturated heterocycles. The van der Waals surface area contributed by atoms with Crippen LogP contribution in [0.4, 0.5) is 17.1 Å². The van der Waals surface area contributed by atoms with Crippen molar-refractivity contribution in [2.24, 2.45) is 0 Å². The standard InChI is InChI=1S/C26H29N3O4S/c1-20-8-13-25(21(2)18-20)29(34(31,32)24-6-4-3-5-7-24)19-26(30)27-22-9-11-23(12-10-22)28-14-16-33-17-15-28/h3-13,18H,14-17,19H2,1-2H3,(H,27,30). The molecule has 0 atom stereocenters. The minimum Gasteiger partial charge on any atom is -0.378 e. The summed E-state index contributed by atoms with van der Waals surface area (Å²) < 4.78 is 33.6. The fraction of sp³-hybridized carbons (Fsp3) is 0.269. The van der Waals surface area contributed by atoms with Crippen LogP contribution in [0.2, 0.25) is 0 Å². The molecule has 1 amide bonds. The molecule has 0 radical (unpaired) electrons. The third-order valence-corrected chi connectivity index (χ3v) is 7.54. The Labute approximate surface area is 201 Å². The molecule has 0 saturated carbocycles. The molecule has 0 spiro atoms. The molecule has 0 bridgehead atoms. The number of aryl methyl sites for hydroxylation is 2. The van der Waals surface area contributed by atoms with Crippen LogP contribution in [0.15, 0.2) is 77.7 Å². The molecule has 4 rings (SSSR count). The fourth-order valence-electron chi connectivity index (χ4n) is 4.01. The second-order valence-corrected chi connectivity index (χ2v) is 10.2. The second kappa shape index (κ2) is 10.3. The first-order valence-electron chi connectivity index (χ1n) is 11.2. The Kier molecular flexibility index (Phi) is 7.19. The van der Waals surface area contributed by atoms with E-state index >= 15 is 0 Å². The molecule has 0 unspecified atom stereocenters. The summed E-state index contributed by atoms with van der Waals surface area (Å²) in [6, 6.07) is 21.2. The van der Waals surface area contributed by atoms with E-state index in [4.69, 9.17) is 4.74 Å². The van der Waals surface area contributed by atoms with Gasteiger partial charge in [-0.05, 0) is 61.9 Å². The highest BCUT2D eigenvalue weighted by Gasteiger charge is 2.28. The first-order valence-corrected chi connectivity index (χ1v) is 12.7. The van der Waals surface area contributed by atoms with Crippen LogP contribution >= 0.6 is 0 Å². The van der Waals surface area contributed by atoms with Gasteiger partial charge >= 0.3 is 0 Å². The zero-order valence-electron chi connectivity index (χ0n) is 19.4. The summed E-state index contributed by atoms with van der Waals surface area (Å²) in [7, 11) is -3.94. The highest BCUT2D eigenvalue weighted by atomic mass is 32.2. The molecule has 7 nitrogen and oxygen atoms in total. The van der Waals surface area contributed by atoms with E-state index in [0.717, 1.165) is 29.9 Å². The quantitative estimate of drug-likeness (QED) is 0.555. The Balaban J connectivity index is 1.56. The summed E-state index contributed by atoms with van der Waals surface area (Å²) in [6.45, 7) is 6.50. The van der Waals surface area contributed by atoms with E-state index in [2.05, 4.69) is 10.2 Å². The van der Waals surface area contributed by atoms with Gasteiger partial charge in [-0.25, -0.2) is 8.42 Å². The van der Waals surface area contributed by atoms with Crippen molar-refractivity contribution in [2.75, 3.05) is 47.4 Å². The number of anilines is 3. The first-order chi connectivity index (χ1) is 16.3. The molecule has 34 heavy (non-hydrogen) atoms. The lowest BCUT2D eigenvalue weighted by atomic mass is 10.1. The zero-order chi connectivity index (χ0) is 24.1. The Bertz CT molecular complexity index is 1240. The molecule has 178 valence electrons. The Morgan fingerprint density at radius 3 is 2.29 bits per heavy atom. The first kappa shape index (κ1) is 23.8. The molecular weight excluding hydrogens is 450 g/mol. The Morgan fingerprint density at radius 2 is 1.65 bits per heavy atom. The minimum absolute atomic E-state index is 0.137. The van der Waals surface area contributed by atoms with Crippen LogP contribution in [0.1, 0.15) is 11.1 Å². The second-order valence-electron chi connectivity index (χ2n) is 8.31. The SMILES string of the molecule is Cc1ccc(N(CC(=O)Nc2ccc(N3CCOCC3)cc2)S(=O)(=O)c2ccccc2)c(C)c1. The predicted octanol–water partition coefficient (Wildman–Crippen LogP) is 3.97. The number of carbonyl (C=O) groups is 1. The van der Waals surface area contributed by atoms with Crippen LogP contribution in [0.3, 0.4) is 0 Å². The third-order valence-electron chi connectivity index (χ3n) is 5.77. The van der Waals surface area contributed by atoms with Gasteiger partial charge in [-0.2, -0.15) is 0 Å². The number of nitrogens with one attached hydrogen (secondary N) is 1. The van der Waals surface area contributed by atoms with Gasteiger partial charge in [0.05, 0.1) is 23.8 Å². The lowest BCUT2D eigenvalue weighted by Gasteiger charge is -2.29. The van der Waals surface area contributed by atoms with Gasteiger partial charge in [-0.3, -0.25) is 9.10 Å². The van der Waals surface area contributed by atoms with Crippen LogP contribution in [0, 0.1) is 13.8 Å². The lowest BCUT2D eigenvalue weighted by Crippen LogP contribution is -2.38. The van der Waals surface area contributed by atoms with Gasteiger partial charge in [0.1, 0.15) is 6.54 Å². The fourth-order valence-corrected chi connectivity index (χ4v) is 5.52. The third kappa shape index (κ3) is 5.40. The van der Waals surface area contributed by atoms with E-state index in [1.165, 1.54) is 16.4 Å². The van der Waals surface area contributed by atoms with Crippen LogP contribution < -0.4 is 14.5 Å². The summed E-state index contributed by atoms with van der Waals surface area (Å²) in [5, 5.41) is 2.84. The number of carbonyl (C=O) groups excluding carboxylic acids is 1. The van der Waals surface area contributed by atoms with Crippen molar-refractivity contribution < 1.29 is 17.9 Å². The summed E-state index contributed by atoms with van der Waals surface area (Å²) >= 11 is 0. The highest BCUT2D eigenvalue weighted by molar-refractivity contribution is 7.92. The molecule has 8 heteroatoms. The maximum atomic E-state index is 13.5. The Morgan fingerprint density at radius 1 is 0.971 bits per heavy atom. The molecule has 1 aliphatic heterocycles. The van der Waals surface area contributed by atoms with Crippen molar-refractivity contribution in [1.82, 2.24) is 0 Å². The Hall–Kier alpha value is -3.36. The molecule has 0 aromatic heterocycles. The van der Waals surface area contributed by atoms with Gasteiger partial charge in [0.15, 0.2) is 0 Å². The van der Waals surface area contributed by atoms with Gasteiger partial charge in [-0.15, -0.1) is 0 Å². The van der Waals surface area contributed by atoms with E-state index in [1.54, 1.807) is 24.3 Å². The number of ether oxygens (including phenoxy) is 1. The lowest BCUT2D eigenvalue weighted by molar-refractivity contribution is -0.114. The number of amides is 1. The summed E-state index contributed by atoms with van der Waals surface area (Å²) in [4.78, 5) is 15.4. The zero-order valence-corrected chi connectivity index (χ0v) is 20.2. The molecule has 1 aliphatic rings. The molecular formula is C26H29N3O4S. The summed E-state index contributed by atoms with van der Waals surface area (Å²) in [6.07, 6.45) is 0. The number of sulfonamides is 1. The molecule has 3 aromatic rings. The van der Waals surface area contributed by atoms with Gasteiger partial charge in [0.25, 0.3) is 10.0 Å². The van der Waals surface area contributed by atoms with E-state index in [9.17, 15) is 13.2 Å². The van der Waals surface area contributed by atoms with Crippen molar-refractivity contribution in [3.63, 3.8) is 0 Å². The number of morpholine rings is 1. The number of hydrogen-bond acceptors (Lipinski definition) is 5. The van der Waals surface area contributed by atoms with Crippen LogP contribution in [-0.2, 0) is 19.6 Å². The predicted molar refractivity (Wildman–Crippen MR) is 135 cm³/mol. The maximum absolute atomic E-state index is 13.5. The average molecular weight is 480 g/mol. The smallest absolute Gasteiger partial charge is 0.264 e. The van der Waals surface area contributed by atoms with Gasteiger partial charge in [0.2, 0.25) is 5.91 Å². The van der Waals surface area contributed by atoms with E-state index < -0.39 is 15.9 Å². The van der Waals surface area contributed by atoms with E-state index in [0.29, 0.717) is 24.6 Å². The van der Waals surface area contributed by atoms with Crippen molar-refractivity contribution in [2.45, 2.75) is 18.7 Å². The van der Waals surface area contributed by atoms with E-state index in [1.807, 2.05) is 50.2 Å². The number of rotatable bonds is 7. The van der Waals surface area contributed by atoms with Crippen molar-refractivity contribution in [3.05, 3.63) is 83.9 Å². The van der Waals surface area contributed by atoms with Crippen LogP contribution in [0.25, 0.3) is 0 Å². The van der Waals surface area contributed by atoms with Crippen molar-refractivity contribution in [1.29, 1.82) is 0 Å². The highest BCUT2D eigenvalue weighted by Crippen LogP contribution is 2.28. The number of nitrogens with zero attached hydrogens (tertiary/aromatic N) is 2. The number of hydrogen-bond donors (Lipinski definition) is 1. The normalized spacial score (nSPS) is 14.0. The monoisotopic (exact) mass is 479 g/mol. The average Bonchev–Trinajstić information content (AvgIpc) is 2.84. The summed E-state index contributed by atoms with van der Waals surface area (Å²) in [5.74, 6) is -0.418.